The third-order valence-corrected chi connectivity index (χ3v) is 3.06. The van der Waals surface area contributed by atoms with Crippen LogP contribution in [0.15, 0.2) is 12.1 Å². The highest BCUT2D eigenvalue weighted by atomic mass is 16.5. The van der Waals surface area contributed by atoms with Crippen molar-refractivity contribution in [1.29, 1.82) is 0 Å². The number of rotatable bonds is 9. The Morgan fingerprint density at radius 3 is 2.33 bits per heavy atom. The normalized spacial score (nSPS) is 10.1. The second-order valence-electron chi connectivity index (χ2n) is 4.35. The van der Waals surface area contributed by atoms with Crippen molar-refractivity contribution in [3.05, 3.63) is 17.7 Å². The predicted octanol–water partition coefficient (Wildman–Crippen LogP) is 1.76. The molecule has 0 heterocycles. The number of benzene rings is 1. The van der Waals surface area contributed by atoms with Gasteiger partial charge < -0.3 is 24.3 Å². The maximum absolute atomic E-state index is 11.0. The summed E-state index contributed by atoms with van der Waals surface area (Å²) in [6.45, 7) is 1.33. The molecule has 0 radical (unpaired) electrons. The quantitative estimate of drug-likeness (QED) is 0.553. The SMILES string of the molecule is COC(=O)CCCNCc1ccc(OC)c(OC)c1OC. The van der Waals surface area contributed by atoms with Gasteiger partial charge in [0, 0.05) is 18.5 Å². The summed E-state index contributed by atoms with van der Waals surface area (Å²) in [5.74, 6) is 1.66. The fourth-order valence-corrected chi connectivity index (χ4v) is 1.99. The van der Waals surface area contributed by atoms with Crippen LogP contribution in [0.25, 0.3) is 0 Å². The minimum atomic E-state index is -0.194. The van der Waals surface area contributed by atoms with E-state index in [1.165, 1.54) is 7.11 Å². The molecule has 0 bridgehead atoms. The Hall–Kier alpha value is -1.95. The van der Waals surface area contributed by atoms with E-state index in [2.05, 4.69) is 10.1 Å². The molecule has 0 aromatic heterocycles. The summed E-state index contributed by atoms with van der Waals surface area (Å²) >= 11 is 0. The highest BCUT2D eigenvalue weighted by Gasteiger charge is 2.15. The standard InChI is InChI=1S/C15H23NO5/c1-18-12-8-7-11(14(20-3)15(12)21-4)10-16-9-5-6-13(17)19-2/h7-8,16H,5-6,9-10H2,1-4H3. The molecule has 0 atom stereocenters. The van der Waals surface area contributed by atoms with Crippen LogP contribution in [-0.2, 0) is 16.1 Å². The molecule has 0 saturated heterocycles. The lowest BCUT2D eigenvalue weighted by atomic mass is 10.1. The molecule has 0 saturated carbocycles. The first kappa shape index (κ1) is 17.1. The lowest BCUT2D eigenvalue weighted by Crippen LogP contribution is -2.17. The van der Waals surface area contributed by atoms with Gasteiger partial charge in [-0.1, -0.05) is 6.07 Å². The highest BCUT2D eigenvalue weighted by molar-refractivity contribution is 5.69. The molecule has 1 aromatic carbocycles. The van der Waals surface area contributed by atoms with Crippen molar-refractivity contribution in [2.45, 2.75) is 19.4 Å². The molecule has 0 aliphatic heterocycles. The van der Waals surface area contributed by atoms with Gasteiger partial charge in [-0.3, -0.25) is 4.79 Å². The Labute approximate surface area is 125 Å². The van der Waals surface area contributed by atoms with E-state index >= 15 is 0 Å². The third-order valence-electron chi connectivity index (χ3n) is 3.06. The van der Waals surface area contributed by atoms with Crippen LogP contribution in [0.1, 0.15) is 18.4 Å². The summed E-state index contributed by atoms with van der Waals surface area (Å²) in [6.07, 6.45) is 1.13. The van der Waals surface area contributed by atoms with Crippen LogP contribution >= 0.6 is 0 Å². The smallest absolute Gasteiger partial charge is 0.305 e. The average molecular weight is 297 g/mol. The molecule has 0 fully saturated rings. The van der Waals surface area contributed by atoms with E-state index in [1.54, 1.807) is 21.3 Å². The molecular weight excluding hydrogens is 274 g/mol. The van der Waals surface area contributed by atoms with E-state index < -0.39 is 0 Å². The van der Waals surface area contributed by atoms with Crippen molar-refractivity contribution in [2.24, 2.45) is 0 Å². The maximum atomic E-state index is 11.0. The lowest BCUT2D eigenvalue weighted by Gasteiger charge is -2.16. The molecule has 0 amide bonds. The summed E-state index contributed by atoms with van der Waals surface area (Å²) in [5.41, 5.74) is 0.966. The van der Waals surface area contributed by atoms with Crippen molar-refractivity contribution in [3.8, 4) is 17.2 Å². The second-order valence-corrected chi connectivity index (χ2v) is 4.35. The molecule has 0 aliphatic carbocycles. The topological polar surface area (TPSA) is 66.0 Å². The zero-order valence-corrected chi connectivity index (χ0v) is 13.0. The molecule has 6 heteroatoms. The number of carbonyl (C=O) groups is 1. The monoisotopic (exact) mass is 297 g/mol. The summed E-state index contributed by atoms with van der Waals surface area (Å²) in [6, 6.07) is 3.76. The van der Waals surface area contributed by atoms with Crippen LogP contribution in [0.5, 0.6) is 17.2 Å². The lowest BCUT2D eigenvalue weighted by molar-refractivity contribution is -0.140. The summed E-state index contributed by atoms with van der Waals surface area (Å²) in [5, 5.41) is 3.26. The Kier molecular flexibility index (Phi) is 7.39. The maximum Gasteiger partial charge on any atom is 0.305 e. The zero-order valence-electron chi connectivity index (χ0n) is 13.0. The van der Waals surface area contributed by atoms with Crippen molar-refractivity contribution < 1.29 is 23.7 Å². The van der Waals surface area contributed by atoms with Crippen LogP contribution in [0, 0.1) is 0 Å². The molecule has 118 valence electrons. The number of carbonyl (C=O) groups excluding carboxylic acids is 1. The molecule has 21 heavy (non-hydrogen) atoms. The van der Waals surface area contributed by atoms with Crippen molar-refractivity contribution >= 4 is 5.97 Å². The molecule has 1 rings (SSSR count). The van der Waals surface area contributed by atoms with Crippen LogP contribution in [-0.4, -0.2) is 41.0 Å². The van der Waals surface area contributed by atoms with Gasteiger partial charge in [-0.05, 0) is 19.0 Å². The third kappa shape index (κ3) is 4.82. The molecular formula is C15H23NO5. The van der Waals surface area contributed by atoms with Crippen molar-refractivity contribution in [2.75, 3.05) is 35.0 Å². The number of hydrogen-bond acceptors (Lipinski definition) is 6. The Bertz CT molecular complexity index is 462. The van der Waals surface area contributed by atoms with Gasteiger partial charge in [0.25, 0.3) is 0 Å². The van der Waals surface area contributed by atoms with Gasteiger partial charge in [0.2, 0.25) is 5.75 Å². The Balaban J connectivity index is 2.61. The van der Waals surface area contributed by atoms with E-state index in [0.29, 0.717) is 36.8 Å². The van der Waals surface area contributed by atoms with Gasteiger partial charge in [0.1, 0.15) is 0 Å². The minimum absolute atomic E-state index is 0.194. The number of hydrogen-bond donors (Lipinski definition) is 1. The Morgan fingerprint density at radius 1 is 1.05 bits per heavy atom. The second kappa shape index (κ2) is 9.07. The van der Waals surface area contributed by atoms with Crippen LogP contribution in [0.4, 0.5) is 0 Å². The summed E-state index contributed by atoms with van der Waals surface area (Å²) in [4.78, 5) is 11.0. The number of ether oxygens (including phenoxy) is 4. The first-order chi connectivity index (χ1) is 10.2. The molecule has 1 aromatic rings. The first-order valence-corrected chi connectivity index (χ1v) is 6.73. The summed E-state index contributed by atoms with van der Waals surface area (Å²) < 4.78 is 20.6. The average Bonchev–Trinajstić information content (AvgIpc) is 2.53. The molecule has 1 N–H and O–H groups in total. The van der Waals surface area contributed by atoms with E-state index in [1.807, 2.05) is 12.1 Å². The summed E-state index contributed by atoms with van der Waals surface area (Å²) in [7, 11) is 6.15. The number of nitrogens with one attached hydrogen (secondary N) is 1. The predicted molar refractivity (Wildman–Crippen MR) is 79.1 cm³/mol. The van der Waals surface area contributed by atoms with E-state index in [-0.39, 0.29) is 5.97 Å². The highest BCUT2D eigenvalue weighted by Crippen LogP contribution is 2.39. The Morgan fingerprint density at radius 2 is 1.76 bits per heavy atom. The van der Waals surface area contributed by atoms with E-state index in [0.717, 1.165) is 12.0 Å². The van der Waals surface area contributed by atoms with Gasteiger partial charge in [-0.2, -0.15) is 0 Å². The fraction of sp³-hybridized carbons (Fsp3) is 0.533. The van der Waals surface area contributed by atoms with Gasteiger partial charge in [0.15, 0.2) is 11.5 Å². The molecule has 6 nitrogen and oxygen atoms in total. The van der Waals surface area contributed by atoms with Crippen LogP contribution < -0.4 is 19.5 Å². The molecule has 0 aliphatic rings. The van der Waals surface area contributed by atoms with Crippen LogP contribution in [0.3, 0.4) is 0 Å². The van der Waals surface area contributed by atoms with Gasteiger partial charge in [0.05, 0.1) is 28.4 Å². The first-order valence-electron chi connectivity index (χ1n) is 6.73. The van der Waals surface area contributed by atoms with Gasteiger partial charge >= 0.3 is 5.97 Å². The van der Waals surface area contributed by atoms with Gasteiger partial charge in [-0.25, -0.2) is 0 Å². The number of esters is 1. The zero-order chi connectivity index (χ0) is 15.7. The molecule has 0 spiro atoms. The van der Waals surface area contributed by atoms with Gasteiger partial charge in [-0.15, -0.1) is 0 Å². The van der Waals surface area contributed by atoms with E-state index in [9.17, 15) is 4.79 Å². The molecule has 0 unspecified atom stereocenters. The van der Waals surface area contributed by atoms with E-state index in [4.69, 9.17) is 14.2 Å². The minimum Gasteiger partial charge on any atom is -0.493 e. The largest absolute Gasteiger partial charge is 0.493 e. The van der Waals surface area contributed by atoms with Crippen molar-refractivity contribution in [1.82, 2.24) is 5.32 Å². The van der Waals surface area contributed by atoms with Crippen LogP contribution in [0.2, 0.25) is 0 Å². The fourth-order valence-electron chi connectivity index (χ4n) is 1.99. The number of methoxy groups -OCH3 is 4. The van der Waals surface area contributed by atoms with Crippen molar-refractivity contribution in [3.63, 3.8) is 0 Å².